The molecule has 1 heterocycles. The Balaban J connectivity index is 2.31. The maximum atomic E-state index is 5.72. The highest BCUT2D eigenvalue weighted by atomic mass is 16.5. The van der Waals surface area contributed by atoms with Crippen molar-refractivity contribution in [2.45, 2.75) is 26.3 Å². The van der Waals surface area contributed by atoms with Crippen LogP contribution in [0.4, 0.5) is 5.69 Å². The molecule has 0 atom stereocenters. The first-order chi connectivity index (χ1) is 8.15. The fourth-order valence-corrected chi connectivity index (χ4v) is 2.39. The summed E-state index contributed by atoms with van der Waals surface area (Å²) in [6, 6.07) is 8.31. The third-order valence-corrected chi connectivity index (χ3v) is 3.26. The zero-order valence-electron chi connectivity index (χ0n) is 11.0. The first-order valence-corrected chi connectivity index (χ1v) is 6.35. The van der Waals surface area contributed by atoms with Crippen LogP contribution in [0.5, 0.6) is 5.75 Å². The number of para-hydroxylation sites is 2. The molecule has 0 spiro atoms. The normalized spacial score (nSPS) is 19.1. The summed E-state index contributed by atoms with van der Waals surface area (Å²) < 4.78 is 5.72. The van der Waals surface area contributed by atoms with E-state index >= 15 is 0 Å². The van der Waals surface area contributed by atoms with Crippen LogP contribution < -0.4 is 15.0 Å². The number of piperazine rings is 1. The molecule has 1 aromatic carbocycles. The molecule has 0 radical (unpaired) electrons. The molecule has 94 valence electrons. The quantitative estimate of drug-likeness (QED) is 0.868. The second-order valence-electron chi connectivity index (χ2n) is 5.04. The van der Waals surface area contributed by atoms with Crippen molar-refractivity contribution in [3.63, 3.8) is 0 Å². The van der Waals surface area contributed by atoms with Crippen LogP contribution in [0.2, 0.25) is 0 Å². The Morgan fingerprint density at radius 1 is 1.35 bits per heavy atom. The molecule has 3 nitrogen and oxygen atoms in total. The van der Waals surface area contributed by atoms with E-state index in [0.29, 0.717) is 6.61 Å². The van der Waals surface area contributed by atoms with Gasteiger partial charge >= 0.3 is 0 Å². The molecule has 1 N–H and O–H groups in total. The van der Waals surface area contributed by atoms with Crippen LogP contribution in [0.25, 0.3) is 0 Å². The lowest BCUT2D eigenvalue weighted by Crippen LogP contribution is -2.58. The van der Waals surface area contributed by atoms with E-state index in [1.807, 2.05) is 13.0 Å². The van der Waals surface area contributed by atoms with Gasteiger partial charge in [-0.1, -0.05) is 12.1 Å². The average Bonchev–Trinajstić information content (AvgIpc) is 2.30. The van der Waals surface area contributed by atoms with Crippen LogP contribution in [-0.4, -0.2) is 31.8 Å². The Kier molecular flexibility index (Phi) is 3.57. The van der Waals surface area contributed by atoms with Crippen molar-refractivity contribution in [3.05, 3.63) is 24.3 Å². The van der Waals surface area contributed by atoms with Crippen LogP contribution in [-0.2, 0) is 0 Å². The smallest absolute Gasteiger partial charge is 0.142 e. The largest absolute Gasteiger partial charge is 0.492 e. The second-order valence-corrected chi connectivity index (χ2v) is 5.04. The monoisotopic (exact) mass is 234 g/mol. The van der Waals surface area contributed by atoms with Crippen molar-refractivity contribution < 1.29 is 4.74 Å². The van der Waals surface area contributed by atoms with Crippen LogP contribution in [0.1, 0.15) is 20.8 Å². The number of benzene rings is 1. The van der Waals surface area contributed by atoms with Gasteiger partial charge in [0.25, 0.3) is 0 Å². The predicted molar refractivity (Wildman–Crippen MR) is 71.9 cm³/mol. The Labute approximate surface area is 104 Å². The molecule has 17 heavy (non-hydrogen) atoms. The SMILES string of the molecule is CCOc1ccccc1N1CCNCC1(C)C. The van der Waals surface area contributed by atoms with Crippen molar-refractivity contribution >= 4 is 5.69 Å². The highest BCUT2D eigenvalue weighted by Gasteiger charge is 2.31. The lowest BCUT2D eigenvalue weighted by atomic mass is 9.99. The summed E-state index contributed by atoms with van der Waals surface area (Å²) in [6.07, 6.45) is 0. The number of nitrogens with zero attached hydrogens (tertiary/aromatic N) is 1. The lowest BCUT2D eigenvalue weighted by Gasteiger charge is -2.44. The van der Waals surface area contributed by atoms with Crippen LogP contribution in [0, 0.1) is 0 Å². The van der Waals surface area contributed by atoms with Gasteiger partial charge in [0.1, 0.15) is 5.75 Å². The zero-order chi connectivity index (χ0) is 12.3. The van der Waals surface area contributed by atoms with E-state index in [0.717, 1.165) is 25.4 Å². The molecule has 3 heteroatoms. The van der Waals surface area contributed by atoms with Gasteiger partial charge in [0.05, 0.1) is 12.3 Å². The van der Waals surface area contributed by atoms with Crippen LogP contribution >= 0.6 is 0 Å². The highest BCUT2D eigenvalue weighted by Crippen LogP contribution is 2.33. The highest BCUT2D eigenvalue weighted by molar-refractivity contribution is 5.60. The van der Waals surface area contributed by atoms with Gasteiger partial charge in [-0.3, -0.25) is 0 Å². The summed E-state index contributed by atoms with van der Waals surface area (Å²) in [5.41, 5.74) is 1.34. The minimum absolute atomic E-state index is 0.130. The Hall–Kier alpha value is -1.22. The summed E-state index contributed by atoms with van der Waals surface area (Å²) in [5.74, 6) is 0.991. The minimum Gasteiger partial charge on any atom is -0.492 e. The van der Waals surface area contributed by atoms with Crippen LogP contribution in [0.15, 0.2) is 24.3 Å². The van der Waals surface area contributed by atoms with Crippen molar-refractivity contribution in [1.29, 1.82) is 0 Å². The van der Waals surface area contributed by atoms with Gasteiger partial charge in [-0.05, 0) is 32.9 Å². The molecular formula is C14H22N2O. The first-order valence-electron chi connectivity index (χ1n) is 6.35. The summed E-state index contributed by atoms with van der Waals surface area (Å²) in [5, 5.41) is 3.44. The number of hydrogen-bond donors (Lipinski definition) is 1. The maximum absolute atomic E-state index is 5.72. The average molecular weight is 234 g/mol. The minimum atomic E-state index is 0.130. The van der Waals surface area contributed by atoms with E-state index in [1.54, 1.807) is 0 Å². The predicted octanol–water partition coefficient (Wildman–Crippen LogP) is 2.27. The summed E-state index contributed by atoms with van der Waals surface area (Å²) in [4.78, 5) is 2.44. The standard InChI is InChI=1S/C14H22N2O/c1-4-17-13-8-6-5-7-12(13)16-10-9-15-11-14(16,2)3/h5-8,15H,4,9-11H2,1-3H3. The molecule has 1 aromatic rings. The summed E-state index contributed by atoms with van der Waals surface area (Å²) in [6.45, 7) is 10.3. The molecule has 0 aromatic heterocycles. The maximum Gasteiger partial charge on any atom is 0.142 e. The molecule has 1 saturated heterocycles. The first kappa shape index (κ1) is 12.2. The Morgan fingerprint density at radius 3 is 2.82 bits per heavy atom. The second kappa shape index (κ2) is 4.96. The van der Waals surface area contributed by atoms with Gasteiger partial charge in [-0.2, -0.15) is 0 Å². The molecular weight excluding hydrogens is 212 g/mol. The molecule has 0 saturated carbocycles. The molecule has 0 aliphatic carbocycles. The zero-order valence-corrected chi connectivity index (χ0v) is 11.0. The molecule has 1 aliphatic heterocycles. The van der Waals surface area contributed by atoms with Gasteiger partial charge in [0, 0.05) is 25.2 Å². The summed E-state index contributed by atoms with van der Waals surface area (Å²) in [7, 11) is 0. The van der Waals surface area contributed by atoms with E-state index in [2.05, 4.69) is 42.3 Å². The van der Waals surface area contributed by atoms with Gasteiger partial charge in [-0.25, -0.2) is 0 Å². The number of hydrogen-bond acceptors (Lipinski definition) is 3. The van der Waals surface area contributed by atoms with Crippen molar-refractivity contribution in [3.8, 4) is 5.75 Å². The van der Waals surface area contributed by atoms with Gasteiger partial charge < -0.3 is 15.0 Å². The Morgan fingerprint density at radius 2 is 2.12 bits per heavy atom. The van der Waals surface area contributed by atoms with E-state index in [1.165, 1.54) is 5.69 Å². The lowest BCUT2D eigenvalue weighted by molar-refractivity contribution is 0.330. The third kappa shape index (κ3) is 2.55. The number of nitrogens with one attached hydrogen (secondary N) is 1. The molecule has 1 fully saturated rings. The number of anilines is 1. The van der Waals surface area contributed by atoms with Crippen molar-refractivity contribution in [2.75, 3.05) is 31.1 Å². The molecule has 0 unspecified atom stereocenters. The fourth-order valence-electron chi connectivity index (χ4n) is 2.39. The molecule has 0 amide bonds. The van der Waals surface area contributed by atoms with E-state index in [-0.39, 0.29) is 5.54 Å². The van der Waals surface area contributed by atoms with Gasteiger partial charge in [0.15, 0.2) is 0 Å². The number of rotatable bonds is 3. The fraction of sp³-hybridized carbons (Fsp3) is 0.571. The molecule has 0 bridgehead atoms. The van der Waals surface area contributed by atoms with Crippen molar-refractivity contribution in [1.82, 2.24) is 5.32 Å². The topological polar surface area (TPSA) is 24.5 Å². The number of ether oxygens (including phenoxy) is 1. The van der Waals surface area contributed by atoms with Crippen LogP contribution in [0.3, 0.4) is 0 Å². The van der Waals surface area contributed by atoms with E-state index in [9.17, 15) is 0 Å². The van der Waals surface area contributed by atoms with E-state index < -0.39 is 0 Å². The molecule has 1 aliphatic rings. The summed E-state index contributed by atoms with van der Waals surface area (Å²) >= 11 is 0. The van der Waals surface area contributed by atoms with Gasteiger partial charge in [0.2, 0.25) is 0 Å². The molecule has 2 rings (SSSR count). The van der Waals surface area contributed by atoms with E-state index in [4.69, 9.17) is 4.74 Å². The van der Waals surface area contributed by atoms with Crippen molar-refractivity contribution in [2.24, 2.45) is 0 Å². The Bertz CT molecular complexity index is 376. The third-order valence-electron chi connectivity index (χ3n) is 3.26. The van der Waals surface area contributed by atoms with Gasteiger partial charge in [-0.15, -0.1) is 0 Å².